The molecule has 0 aliphatic carbocycles. The predicted octanol–water partition coefficient (Wildman–Crippen LogP) is 4.61. The van der Waals surface area contributed by atoms with Crippen LogP contribution in [0.5, 0.6) is 5.75 Å². The lowest BCUT2D eigenvalue weighted by molar-refractivity contribution is -0.129. The Morgan fingerprint density at radius 3 is 2.57 bits per heavy atom. The second-order valence-electron chi connectivity index (χ2n) is 7.02. The van der Waals surface area contributed by atoms with E-state index in [1.807, 2.05) is 59.5 Å². The van der Waals surface area contributed by atoms with Gasteiger partial charge in [-0.25, -0.2) is 0 Å². The number of thioether (sulfide) groups is 1. The number of likely N-dealkylation sites (tertiary alicyclic amines) is 1. The van der Waals surface area contributed by atoms with E-state index in [0.717, 1.165) is 52.3 Å². The van der Waals surface area contributed by atoms with Gasteiger partial charge in [0.2, 0.25) is 11.0 Å². The fourth-order valence-electron chi connectivity index (χ4n) is 3.34. The standard InChI is InChI=1S/C22H24N4O2S2/c1-28-18-11-9-16(10-12-18)15-23-21-24-25-22(30-21)29-19(17-7-3-2-4-8-17)20(27)26-13-5-6-14-26/h2-4,7-12,19H,5-6,13-15H2,1H3,(H,23,24)/t19-/m0/s1. The number of amides is 1. The minimum atomic E-state index is -0.299. The van der Waals surface area contributed by atoms with Crippen LogP contribution in [-0.2, 0) is 11.3 Å². The van der Waals surface area contributed by atoms with E-state index in [4.69, 9.17) is 4.74 Å². The number of ether oxygens (including phenoxy) is 1. The summed E-state index contributed by atoms with van der Waals surface area (Å²) in [5.41, 5.74) is 2.13. The largest absolute Gasteiger partial charge is 0.497 e. The maximum absolute atomic E-state index is 13.2. The van der Waals surface area contributed by atoms with Gasteiger partial charge in [-0.15, -0.1) is 10.2 Å². The third kappa shape index (κ3) is 5.12. The maximum Gasteiger partial charge on any atom is 0.240 e. The molecule has 6 nitrogen and oxygen atoms in total. The monoisotopic (exact) mass is 440 g/mol. The highest BCUT2D eigenvalue weighted by atomic mass is 32.2. The summed E-state index contributed by atoms with van der Waals surface area (Å²) in [5.74, 6) is 0.995. The van der Waals surface area contributed by atoms with Gasteiger partial charge in [0.1, 0.15) is 11.0 Å². The molecule has 2 aromatic carbocycles. The molecule has 8 heteroatoms. The Bertz CT molecular complexity index is 957. The van der Waals surface area contributed by atoms with Gasteiger partial charge in [0.15, 0.2) is 4.34 Å². The Morgan fingerprint density at radius 2 is 1.87 bits per heavy atom. The highest BCUT2D eigenvalue weighted by molar-refractivity contribution is 8.01. The average molecular weight is 441 g/mol. The molecule has 1 saturated heterocycles. The summed E-state index contributed by atoms with van der Waals surface area (Å²) in [4.78, 5) is 15.1. The zero-order valence-electron chi connectivity index (χ0n) is 16.8. The number of hydrogen-bond donors (Lipinski definition) is 1. The maximum atomic E-state index is 13.2. The van der Waals surface area contributed by atoms with Crippen LogP contribution in [0.3, 0.4) is 0 Å². The molecule has 0 radical (unpaired) electrons. The van der Waals surface area contributed by atoms with Gasteiger partial charge in [0, 0.05) is 19.6 Å². The minimum absolute atomic E-state index is 0.159. The van der Waals surface area contributed by atoms with Crippen molar-refractivity contribution in [2.45, 2.75) is 29.0 Å². The smallest absolute Gasteiger partial charge is 0.240 e. The number of rotatable bonds is 8. The fourth-order valence-corrected chi connectivity index (χ4v) is 5.37. The van der Waals surface area contributed by atoms with Crippen molar-refractivity contribution in [3.05, 3.63) is 65.7 Å². The van der Waals surface area contributed by atoms with Gasteiger partial charge in [0.25, 0.3) is 0 Å². The summed E-state index contributed by atoms with van der Waals surface area (Å²) in [5, 5.41) is 12.3. The van der Waals surface area contributed by atoms with Crippen LogP contribution in [0.2, 0.25) is 0 Å². The van der Waals surface area contributed by atoms with Crippen molar-refractivity contribution in [2.75, 3.05) is 25.5 Å². The average Bonchev–Trinajstić information content (AvgIpc) is 3.49. The SMILES string of the molecule is COc1ccc(CNc2nnc(S[C@H](C(=O)N3CCCC3)c3ccccc3)s2)cc1. The van der Waals surface area contributed by atoms with E-state index in [9.17, 15) is 4.79 Å². The first-order valence-electron chi connectivity index (χ1n) is 9.93. The topological polar surface area (TPSA) is 67.3 Å². The van der Waals surface area contributed by atoms with Crippen LogP contribution in [0.15, 0.2) is 58.9 Å². The quantitative estimate of drug-likeness (QED) is 0.516. The van der Waals surface area contributed by atoms with Gasteiger partial charge in [-0.2, -0.15) is 0 Å². The normalized spacial score (nSPS) is 14.5. The van der Waals surface area contributed by atoms with E-state index in [1.54, 1.807) is 7.11 Å². The number of carbonyl (C=O) groups excluding carboxylic acids is 1. The summed E-state index contributed by atoms with van der Waals surface area (Å²) in [6.07, 6.45) is 2.16. The van der Waals surface area contributed by atoms with E-state index in [2.05, 4.69) is 15.5 Å². The Hall–Kier alpha value is -2.58. The zero-order chi connectivity index (χ0) is 20.8. The summed E-state index contributed by atoms with van der Waals surface area (Å²) in [7, 11) is 1.66. The summed E-state index contributed by atoms with van der Waals surface area (Å²) < 4.78 is 5.98. The number of benzene rings is 2. The van der Waals surface area contributed by atoms with Crippen LogP contribution in [0.4, 0.5) is 5.13 Å². The van der Waals surface area contributed by atoms with Gasteiger partial charge in [0.05, 0.1) is 7.11 Å². The van der Waals surface area contributed by atoms with Crippen LogP contribution in [0.25, 0.3) is 0 Å². The summed E-state index contributed by atoms with van der Waals surface area (Å²) >= 11 is 2.96. The number of hydrogen-bond acceptors (Lipinski definition) is 7. The lowest BCUT2D eigenvalue weighted by Crippen LogP contribution is -2.31. The molecular weight excluding hydrogens is 416 g/mol. The lowest BCUT2D eigenvalue weighted by Gasteiger charge is -2.22. The number of aromatic nitrogens is 2. The third-order valence-corrected chi connectivity index (χ3v) is 7.18. The Labute approximate surface area is 184 Å². The first-order chi connectivity index (χ1) is 14.7. The molecule has 0 spiro atoms. The molecule has 3 aromatic rings. The van der Waals surface area contributed by atoms with Crippen molar-refractivity contribution >= 4 is 34.1 Å². The van der Waals surface area contributed by atoms with Crippen molar-refractivity contribution in [2.24, 2.45) is 0 Å². The van der Waals surface area contributed by atoms with E-state index >= 15 is 0 Å². The second-order valence-corrected chi connectivity index (χ2v) is 9.35. The molecule has 0 unspecified atom stereocenters. The van der Waals surface area contributed by atoms with Gasteiger partial charge < -0.3 is 15.0 Å². The number of nitrogens with one attached hydrogen (secondary N) is 1. The van der Waals surface area contributed by atoms with Crippen molar-refractivity contribution in [3.63, 3.8) is 0 Å². The highest BCUT2D eigenvalue weighted by Crippen LogP contribution is 2.39. The number of methoxy groups -OCH3 is 1. The van der Waals surface area contributed by atoms with Crippen molar-refractivity contribution in [1.82, 2.24) is 15.1 Å². The molecule has 156 valence electrons. The highest BCUT2D eigenvalue weighted by Gasteiger charge is 2.29. The van der Waals surface area contributed by atoms with E-state index in [1.165, 1.54) is 23.1 Å². The number of carbonyl (C=O) groups is 1. The molecule has 1 N–H and O–H groups in total. The van der Waals surface area contributed by atoms with Crippen molar-refractivity contribution in [3.8, 4) is 5.75 Å². The molecule has 1 amide bonds. The van der Waals surface area contributed by atoms with Crippen LogP contribution in [0, 0.1) is 0 Å². The minimum Gasteiger partial charge on any atom is -0.497 e. The van der Waals surface area contributed by atoms with Gasteiger partial charge in [-0.1, -0.05) is 65.6 Å². The second kappa shape index (κ2) is 9.95. The number of nitrogens with zero attached hydrogens (tertiary/aromatic N) is 3. The molecular formula is C22H24N4O2S2. The zero-order valence-corrected chi connectivity index (χ0v) is 18.4. The van der Waals surface area contributed by atoms with Crippen LogP contribution in [-0.4, -0.2) is 41.2 Å². The molecule has 4 rings (SSSR count). The van der Waals surface area contributed by atoms with E-state index < -0.39 is 0 Å². The fraction of sp³-hybridized carbons (Fsp3) is 0.318. The predicted molar refractivity (Wildman–Crippen MR) is 121 cm³/mol. The number of anilines is 1. The van der Waals surface area contributed by atoms with E-state index in [0.29, 0.717) is 6.54 Å². The van der Waals surface area contributed by atoms with Gasteiger partial charge >= 0.3 is 0 Å². The first-order valence-corrected chi connectivity index (χ1v) is 11.6. The molecule has 30 heavy (non-hydrogen) atoms. The van der Waals surface area contributed by atoms with Crippen molar-refractivity contribution in [1.29, 1.82) is 0 Å². The first kappa shape index (κ1) is 20.7. The Balaban J connectivity index is 1.43. The lowest BCUT2D eigenvalue weighted by atomic mass is 10.1. The van der Waals surface area contributed by atoms with Crippen LogP contribution < -0.4 is 10.1 Å². The van der Waals surface area contributed by atoms with Gasteiger partial charge in [-0.05, 0) is 36.1 Å². The summed E-state index contributed by atoms with van der Waals surface area (Å²) in [6, 6.07) is 17.8. The van der Waals surface area contributed by atoms with Crippen molar-refractivity contribution < 1.29 is 9.53 Å². The van der Waals surface area contributed by atoms with Crippen LogP contribution in [0.1, 0.15) is 29.2 Å². The third-order valence-electron chi connectivity index (χ3n) is 4.97. The molecule has 2 heterocycles. The molecule has 1 aromatic heterocycles. The molecule has 0 saturated carbocycles. The Morgan fingerprint density at radius 1 is 1.13 bits per heavy atom. The summed E-state index contributed by atoms with van der Waals surface area (Å²) in [6.45, 7) is 2.33. The van der Waals surface area contributed by atoms with Crippen LogP contribution >= 0.6 is 23.1 Å². The van der Waals surface area contributed by atoms with Gasteiger partial charge in [-0.3, -0.25) is 4.79 Å². The van der Waals surface area contributed by atoms with E-state index in [-0.39, 0.29) is 11.2 Å². The molecule has 1 atom stereocenters. The Kier molecular flexibility index (Phi) is 6.86. The molecule has 1 fully saturated rings. The molecule has 1 aliphatic heterocycles. The molecule has 1 aliphatic rings. The molecule has 0 bridgehead atoms.